The van der Waals surface area contributed by atoms with Crippen LogP contribution in [0, 0.1) is 19.8 Å². The van der Waals surface area contributed by atoms with Gasteiger partial charge in [0.2, 0.25) is 5.78 Å². The van der Waals surface area contributed by atoms with E-state index in [-0.39, 0.29) is 30.4 Å². The second-order valence-corrected chi connectivity index (χ2v) is 7.59. The van der Waals surface area contributed by atoms with Crippen molar-refractivity contribution in [3.8, 4) is 0 Å². The molecule has 0 saturated carbocycles. The zero-order valence-electron chi connectivity index (χ0n) is 16.6. The molecule has 3 unspecified atom stereocenters. The molecular weight excluding hydrogens is 328 g/mol. The Morgan fingerprint density at radius 3 is 2.46 bits per heavy atom. The Morgan fingerprint density at radius 1 is 1.27 bits per heavy atom. The van der Waals surface area contributed by atoms with Gasteiger partial charge in [-0.2, -0.15) is 0 Å². The number of Topliss-reactive ketones (excluding diaryl/α,β-unsaturated/α-hetero) is 1. The topological polar surface area (TPSA) is 54.1 Å². The number of ketones is 1. The highest BCUT2D eigenvalue weighted by Gasteiger charge is 2.50. The number of allylic oxidation sites excluding steroid dienone is 1. The molecule has 2 aliphatic heterocycles. The fourth-order valence-electron chi connectivity index (χ4n) is 3.90. The average molecular weight is 358 g/mol. The maximum atomic E-state index is 13.6. The molecule has 1 aromatic rings. The average Bonchev–Trinajstić information content (AvgIpc) is 3.33. The van der Waals surface area contributed by atoms with Crippen LogP contribution < -0.4 is 5.32 Å². The molecule has 1 fully saturated rings. The van der Waals surface area contributed by atoms with Crippen LogP contribution in [0.25, 0.3) is 0 Å². The monoisotopic (exact) mass is 358 g/mol. The number of fused-ring (bicyclic) bond motifs is 1. The molecule has 0 aliphatic carbocycles. The third-order valence-electron chi connectivity index (χ3n) is 4.96. The van der Waals surface area contributed by atoms with E-state index >= 15 is 0 Å². The number of hydrogen-bond acceptors (Lipinski definition) is 5. The van der Waals surface area contributed by atoms with E-state index in [9.17, 15) is 4.79 Å². The third kappa shape index (κ3) is 3.56. The second kappa shape index (κ2) is 7.51. The van der Waals surface area contributed by atoms with E-state index in [4.69, 9.17) is 9.47 Å². The number of carbonyl (C=O) groups is 1. The molecular formula is C21H30N2O3. The van der Waals surface area contributed by atoms with Gasteiger partial charge in [-0.3, -0.25) is 4.79 Å². The largest absolute Gasteiger partial charge is 0.348 e. The van der Waals surface area contributed by atoms with Crippen LogP contribution in [0.5, 0.6) is 0 Å². The number of hydrogen-bond donors (Lipinski definition) is 1. The van der Waals surface area contributed by atoms with Gasteiger partial charge < -0.3 is 14.4 Å². The fourth-order valence-corrected chi connectivity index (χ4v) is 3.90. The molecule has 5 heteroatoms. The first-order chi connectivity index (χ1) is 12.4. The number of nitrogens with zero attached hydrogens (tertiary/aromatic N) is 1. The van der Waals surface area contributed by atoms with Gasteiger partial charge in [0, 0.05) is 19.2 Å². The Morgan fingerprint density at radius 2 is 1.92 bits per heavy atom. The predicted molar refractivity (Wildman–Crippen MR) is 102 cm³/mol. The number of carbonyl (C=O) groups excluding carboxylic acids is 1. The zero-order chi connectivity index (χ0) is 19.0. The van der Waals surface area contributed by atoms with Crippen molar-refractivity contribution in [2.45, 2.75) is 59.7 Å². The summed E-state index contributed by atoms with van der Waals surface area (Å²) < 4.78 is 11.5. The van der Waals surface area contributed by atoms with E-state index in [2.05, 4.69) is 37.1 Å². The number of nitrogens with one attached hydrogen (secondary N) is 1. The van der Waals surface area contributed by atoms with Crippen LogP contribution in [0.1, 0.15) is 48.7 Å². The van der Waals surface area contributed by atoms with Crippen molar-refractivity contribution in [3.63, 3.8) is 0 Å². The van der Waals surface area contributed by atoms with Crippen LogP contribution >= 0.6 is 0 Å². The Labute approximate surface area is 156 Å². The van der Waals surface area contributed by atoms with Crippen molar-refractivity contribution in [2.75, 3.05) is 13.7 Å². The minimum Gasteiger partial charge on any atom is -0.348 e. The van der Waals surface area contributed by atoms with Gasteiger partial charge in [-0.15, -0.1) is 0 Å². The lowest BCUT2D eigenvalue weighted by atomic mass is 9.92. The van der Waals surface area contributed by atoms with Crippen molar-refractivity contribution in [2.24, 2.45) is 5.92 Å². The first-order valence-corrected chi connectivity index (χ1v) is 9.45. The van der Waals surface area contributed by atoms with Crippen LogP contribution in [0.3, 0.4) is 0 Å². The van der Waals surface area contributed by atoms with Crippen LogP contribution in [-0.4, -0.2) is 43.0 Å². The predicted octanol–water partition coefficient (Wildman–Crippen LogP) is 3.37. The molecule has 0 bridgehead atoms. The summed E-state index contributed by atoms with van der Waals surface area (Å²) in [5.41, 5.74) is 4.72. The van der Waals surface area contributed by atoms with Crippen LogP contribution in [0.2, 0.25) is 0 Å². The summed E-state index contributed by atoms with van der Waals surface area (Å²) in [6.07, 6.45) is 0.416. The summed E-state index contributed by atoms with van der Waals surface area (Å²) in [4.78, 5) is 15.7. The highest BCUT2D eigenvalue weighted by atomic mass is 16.6. The lowest BCUT2D eigenvalue weighted by Crippen LogP contribution is -2.48. The van der Waals surface area contributed by atoms with Crippen molar-refractivity contribution in [1.82, 2.24) is 10.2 Å². The summed E-state index contributed by atoms with van der Waals surface area (Å²) in [5.74, 6) is 0.264. The highest BCUT2D eigenvalue weighted by Crippen LogP contribution is 2.39. The quantitative estimate of drug-likeness (QED) is 0.624. The molecule has 3 atom stereocenters. The molecule has 3 rings (SSSR count). The summed E-state index contributed by atoms with van der Waals surface area (Å²) >= 11 is 0. The fraction of sp³-hybridized carbons (Fsp3) is 0.571. The van der Waals surface area contributed by atoms with E-state index < -0.39 is 0 Å². The van der Waals surface area contributed by atoms with Gasteiger partial charge in [-0.05, 0) is 43.9 Å². The van der Waals surface area contributed by atoms with Crippen LogP contribution in [-0.2, 0) is 9.47 Å². The van der Waals surface area contributed by atoms with Gasteiger partial charge in [-0.25, -0.2) is 5.32 Å². The van der Waals surface area contributed by atoms with Crippen LogP contribution in [0.4, 0.5) is 0 Å². The molecule has 1 saturated heterocycles. The first-order valence-electron chi connectivity index (χ1n) is 9.45. The van der Waals surface area contributed by atoms with Crippen molar-refractivity contribution >= 4 is 5.78 Å². The number of rotatable bonds is 6. The number of aryl methyl sites for hydroxylation is 2. The molecule has 0 amide bonds. The number of benzene rings is 1. The normalized spacial score (nSPS) is 25.3. The molecule has 2 heterocycles. The minimum absolute atomic E-state index is 0.0500. The molecule has 2 aliphatic rings. The Balaban J connectivity index is 2.14. The number of ether oxygens (including phenoxy) is 2. The van der Waals surface area contributed by atoms with Crippen molar-refractivity contribution in [3.05, 3.63) is 46.2 Å². The van der Waals surface area contributed by atoms with E-state index in [0.717, 1.165) is 40.9 Å². The minimum atomic E-state index is -0.369. The van der Waals surface area contributed by atoms with E-state index in [0.29, 0.717) is 0 Å². The smallest absolute Gasteiger partial charge is 0.209 e. The zero-order valence-corrected chi connectivity index (χ0v) is 16.6. The first kappa shape index (κ1) is 19.1. The lowest BCUT2D eigenvalue weighted by Gasteiger charge is -2.34. The van der Waals surface area contributed by atoms with Crippen LogP contribution in [0.15, 0.2) is 29.5 Å². The van der Waals surface area contributed by atoms with Crippen molar-refractivity contribution in [1.29, 1.82) is 0 Å². The molecule has 0 radical (unpaired) electrons. The lowest BCUT2D eigenvalue weighted by molar-refractivity contribution is -0.0437. The van der Waals surface area contributed by atoms with Gasteiger partial charge in [0.15, 0.2) is 6.35 Å². The van der Waals surface area contributed by atoms with Gasteiger partial charge >= 0.3 is 0 Å². The number of epoxide rings is 1. The Kier molecular flexibility index (Phi) is 5.51. The van der Waals surface area contributed by atoms with E-state index in [1.54, 1.807) is 7.11 Å². The molecule has 26 heavy (non-hydrogen) atoms. The second-order valence-electron chi connectivity index (χ2n) is 7.59. The molecule has 5 nitrogen and oxygen atoms in total. The van der Waals surface area contributed by atoms with Crippen molar-refractivity contribution < 1.29 is 14.3 Å². The molecule has 1 aromatic carbocycles. The summed E-state index contributed by atoms with van der Waals surface area (Å²) in [5, 5.41) is 3.37. The summed E-state index contributed by atoms with van der Waals surface area (Å²) in [7, 11) is 1.66. The third-order valence-corrected chi connectivity index (χ3v) is 4.96. The van der Waals surface area contributed by atoms with Gasteiger partial charge in [0.05, 0.1) is 5.70 Å². The summed E-state index contributed by atoms with van der Waals surface area (Å²) in [6, 6.07) is 6.02. The molecule has 1 N–H and O–H groups in total. The molecule has 0 aromatic heterocycles. The van der Waals surface area contributed by atoms with Gasteiger partial charge in [0.1, 0.15) is 12.3 Å². The standard InChI is InChI=1S/C21H30N2O3/c1-7-8-23-17(18(24)15-10-13(4)9-14(5)11-15)16(12(2)3)19-20(26-19)22-21(23)25-6/h9-12,19-22H,7-8H2,1-6H3. The maximum absolute atomic E-state index is 13.6. The van der Waals surface area contributed by atoms with Gasteiger partial charge in [0.25, 0.3) is 0 Å². The van der Waals surface area contributed by atoms with E-state index in [1.807, 2.05) is 26.0 Å². The summed E-state index contributed by atoms with van der Waals surface area (Å²) in [6.45, 7) is 11.2. The Bertz CT molecular complexity index is 706. The molecule has 142 valence electrons. The van der Waals surface area contributed by atoms with Gasteiger partial charge in [-0.1, -0.05) is 38.0 Å². The number of methoxy groups -OCH3 is 1. The molecule has 0 spiro atoms. The Hall–Kier alpha value is -1.69. The SMILES string of the molecule is CCCN1C(C(=O)c2cc(C)cc(C)c2)=C(C(C)C)C2OC2NC1OC. The maximum Gasteiger partial charge on any atom is 0.209 e. The highest BCUT2D eigenvalue weighted by molar-refractivity contribution is 6.09. The van der Waals surface area contributed by atoms with E-state index in [1.165, 1.54) is 0 Å².